The number of aryl methyl sites for hydroxylation is 4. The normalized spacial score (nSPS) is 16.3. The van der Waals surface area contributed by atoms with Crippen LogP contribution in [0.1, 0.15) is 78.2 Å². The molecule has 3 saturated heterocycles. The number of nitriles is 1. The largest absolute Gasteiger partial charge is 1.00 e. The van der Waals surface area contributed by atoms with E-state index in [1.807, 2.05) is 34.2 Å². The van der Waals surface area contributed by atoms with Crippen molar-refractivity contribution in [3.05, 3.63) is 138 Å². The molecule has 1 amide bonds. The van der Waals surface area contributed by atoms with Gasteiger partial charge in [0.15, 0.2) is 0 Å². The molecule has 0 radical (unpaired) electrons. The molecule has 5 aliphatic rings. The Hall–Kier alpha value is -4.68. The zero-order chi connectivity index (χ0) is 75.3. The predicted molar refractivity (Wildman–Crippen MR) is 446 cm³/mol. The Labute approximate surface area is 680 Å². The number of likely N-dealkylation sites (N-methyl/N-ethyl adjacent to an activating group) is 1. The molecule has 4 aromatic carbocycles. The molecule has 1 N–H and O–H groups in total. The van der Waals surface area contributed by atoms with Crippen LogP contribution < -0.4 is 44.1 Å². The van der Waals surface area contributed by atoms with Gasteiger partial charge < -0.3 is 44.7 Å². The number of piperazine rings is 1. The molecule has 9 heterocycles. The zero-order valence-electron chi connectivity index (χ0n) is 65.8. The van der Waals surface area contributed by atoms with Gasteiger partial charge in [-0.25, -0.2) is 9.36 Å². The van der Waals surface area contributed by atoms with Crippen molar-refractivity contribution in [1.29, 1.82) is 5.26 Å². The van der Waals surface area contributed by atoms with Crippen LogP contribution >= 0.6 is 59.4 Å². The quantitative estimate of drug-likeness (QED) is 0.0308. The van der Waals surface area contributed by atoms with E-state index < -0.39 is 24.2 Å². The van der Waals surface area contributed by atoms with Crippen LogP contribution in [-0.2, 0) is 56.7 Å². The Bertz CT molecular complexity index is 4200. The number of likely N-dealkylation sites (tertiary alicyclic amines) is 1. The number of hydrogen-bond acceptors (Lipinski definition) is 16. The Morgan fingerprint density at radius 2 is 1.39 bits per heavy atom. The number of carbonyl (C=O) groups is 1. The number of aromatic amines is 1. The Balaban J connectivity index is 0.000000226. The van der Waals surface area contributed by atoms with E-state index in [-0.39, 0.29) is 49.4 Å². The van der Waals surface area contributed by atoms with Crippen LogP contribution in [-0.4, -0.2) is 183 Å². The minimum atomic E-state index is -1.02. The number of halogens is 4. The molecular weight excluding hydrogens is 1600 g/mol. The van der Waals surface area contributed by atoms with Gasteiger partial charge in [-0.05, 0) is 163 Å². The SMILES string of the molecule is C1CCOC1.C=CC(=O)N1CCN(c2nc(OC[C@@H]3CCCN3C)nc3c2CCN(c2c(C)ccc4cn[nH]c24)C3)CC1CC#N.C[Si](C)(C)CCOCCl.Cc1ccc2c(c1Br)CN=C2.Cc1ccc2cn(COCC[Si](C)(C)C)nc2c1Br.Cc1ccc2cnn(COCC[Si](C)(C)C)c2c1Br.[H-].[Na+]. The molecule has 566 valence electrons. The third kappa shape index (κ3) is 26.2. The number of nitrogens with zero attached hydrogens (tertiary/aromatic N) is 13. The summed E-state index contributed by atoms with van der Waals surface area (Å²) in [5, 5.41) is 29.3. The van der Waals surface area contributed by atoms with E-state index in [9.17, 15) is 10.1 Å². The summed E-state index contributed by atoms with van der Waals surface area (Å²) < 4.78 is 34.9. The minimum absolute atomic E-state index is 0. The van der Waals surface area contributed by atoms with E-state index in [1.165, 1.54) is 81.3 Å². The van der Waals surface area contributed by atoms with Gasteiger partial charge in [0, 0.05) is 137 Å². The van der Waals surface area contributed by atoms with Crippen LogP contribution in [0.2, 0.25) is 77.1 Å². The molecule has 28 heteroatoms. The Kier molecular flexibility index (Phi) is 35.0. The van der Waals surface area contributed by atoms with E-state index in [4.69, 9.17) is 45.3 Å². The number of H-pyrrole nitrogens is 1. The van der Waals surface area contributed by atoms with E-state index in [2.05, 4.69) is 243 Å². The first-order chi connectivity index (χ1) is 49.6. The van der Waals surface area contributed by atoms with E-state index in [0.29, 0.717) is 64.4 Å². The molecule has 2 atom stereocenters. The number of aromatic nitrogens is 8. The second kappa shape index (κ2) is 41.9. The molecule has 105 heavy (non-hydrogen) atoms. The fourth-order valence-electron chi connectivity index (χ4n) is 12.4. The van der Waals surface area contributed by atoms with Gasteiger partial charge in [-0.2, -0.15) is 30.5 Å². The van der Waals surface area contributed by atoms with Crippen molar-refractivity contribution in [1.82, 2.24) is 49.5 Å². The predicted octanol–water partition coefficient (Wildman–Crippen LogP) is 14.8. The van der Waals surface area contributed by atoms with E-state index in [0.717, 1.165) is 130 Å². The molecule has 1 unspecified atom stereocenters. The monoisotopic (exact) mass is 1710 g/mol. The number of carbonyl (C=O) groups excluding carboxylic acids is 1. The van der Waals surface area contributed by atoms with Crippen molar-refractivity contribution in [3.8, 4) is 12.1 Å². The summed E-state index contributed by atoms with van der Waals surface area (Å²) in [7, 11) is -0.766. The smallest absolute Gasteiger partial charge is 1.00 e. The van der Waals surface area contributed by atoms with Crippen LogP contribution in [0.3, 0.4) is 0 Å². The molecule has 0 aliphatic carbocycles. The molecule has 5 aliphatic heterocycles. The average molecular weight is 1710 g/mol. The fourth-order valence-corrected chi connectivity index (χ4v) is 16.3. The van der Waals surface area contributed by atoms with Crippen LogP contribution in [0.25, 0.3) is 32.7 Å². The average Bonchev–Trinajstić information content (AvgIpc) is 0.983. The summed E-state index contributed by atoms with van der Waals surface area (Å²) in [4.78, 5) is 35.3. The number of aliphatic imine (C=N–C) groups is 1. The Morgan fingerprint density at radius 1 is 0.752 bits per heavy atom. The first kappa shape index (κ1) is 87.5. The summed E-state index contributed by atoms with van der Waals surface area (Å²) in [6, 6.07) is 23.5. The molecule has 20 nitrogen and oxygen atoms in total. The molecule has 0 spiro atoms. The fraction of sp³-hybridized carbons (Fsp3) is 0.532. The maximum atomic E-state index is 12.5. The summed E-state index contributed by atoms with van der Waals surface area (Å²) in [5.41, 5.74) is 13.8. The molecule has 3 fully saturated rings. The molecular formula is C77H111Br3ClN14NaO6Si3. The maximum absolute atomic E-state index is 12.5. The third-order valence-corrected chi connectivity index (χ3v) is 27.2. The standard InChI is InChI=1S/C30H37N9O2.2C14H21BrN2OSi.C9H8BrN.C6H15ClOSi.C4H8O.Na.H/c1-4-26(40)39-15-14-38(17-22(39)9-11-31)29-24-10-13-37(28-20(2)7-8-21-16-32-35-27(21)28)18-25(24)33-30(34-29)41-19-23-6-5-12-36(23)3;1-11-5-6-12-9-17(16-14(12)13(11)15)10-18-7-8-19(2,3)4;1-11-5-6-12-9-16-17(14(12)13(11)15)10-18-7-8-19(2,3)4;1-6-2-3-7-4-11-5-8(7)9(6)10;1-9(2,3)5-4-8-6-7;1-2-4-5-3-1;;/h4,7-8,16,22-23H,1,5-6,9-10,12-15,17-19H2,2-3H3,(H,32,35);2*5-6,9H,7-8,10H2,1-4H3;2-4H,5H2,1H3;4-6H2,1-3H3;1-4H2;;/q;;;;;;+1;-1/t22?,23-;;;;;;;/m0......./s1. The number of alkyl halides is 1. The van der Waals surface area contributed by atoms with Crippen LogP contribution in [0.15, 0.2) is 98.2 Å². The summed E-state index contributed by atoms with van der Waals surface area (Å²) in [5.74, 6) is 0.716. The number of rotatable bonds is 21. The molecule has 13 rings (SSSR count). The first-order valence-corrected chi connectivity index (χ1v) is 50.4. The van der Waals surface area contributed by atoms with Gasteiger partial charge in [-0.3, -0.25) is 14.9 Å². The minimum Gasteiger partial charge on any atom is -1.00 e. The first-order valence-electron chi connectivity index (χ1n) is 36.4. The summed E-state index contributed by atoms with van der Waals surface area (Å²) in [6.07, 6.45) is 14.9. The number of nitrogens with one attached hydrogen (secondary N) is 1. The molecule has 0 bridgehead atoms. The summed E-state index contributed by atoms with van der Waals surface area (Å²) >= 11 is 16.1. The van der Waals surface area contributed by atoms with Crippen molar-refractivity contribution in [2.24, 2.45) is 4.99 Å². The van der Waals surface area contributed by atoms with Crippen molar-refractivity contribution >= 4 is 140 Å². The molecule has 0 saturated carbocycles. The number of ether oxygens (including phenoxy) is 5. The van der Waals surface area contributed by atoms with Gasteiger partial charge in [0.05, 0.1) is 66.4 Å². The third-order valence-electron chi connectivity index (χ3n) is 18.8. The Morgan fingerprint density at radius 3 is 2.03 bits per heavy atom. The summed E-state index contributed by atoms with van der Waals surface area (Å²) in [6.45, 7) is 44.2. The zero-order valence-corrected chi connectivity index (χ0v) is 75.3. The van der Waals surface area contributed by atoms with Gasteiger partial charge in [0.25, 0.3) is 0 Å². The number of amides is 1. The van der Waals surface area contributed by atoms with Crippen molar-refractivity contribution in [2.75, 3.05) is 95.3 Å². The van der Waals surface area contributed by atoms with E-state index >= 15 is 0 Å². The van der Waals surface area contributed by atoms with Crippen LogP contribution in [0.5, 0.6) is 6.01 Å². The van der Waals surface area contributed by atoms with Crippen LogP contribution in [0.4, 0.5) is 11.5 Å². The van der Waals surface area contributed by atoms with Gasteiger partial charge >= 0.3 is 35.6 Å². The van der Waals surface area contributed by atoms with Gasteiger partial charge in [-0.15, -0.1) is 0 Å². The second-order valence-corrected chi connectivity index (χ2v) is 50.4. The van der Waals surface area contributed by atoms with Crippen molar-refractivity contribution in [2.45, 2.75) is 182 Å². The topological polar surface area (TPSA) is 202 Å². The van der Waals surface area contributed by atoms with Crippen molar-refractivity contribution in [3.63, 3.8) is 0 Å². The van der Waals surface area contributed by atoms with Gasteiger partial charge in [0.2, 0.25) is 5.91 Å². The maximum Gasteiger partial charge on any atom is 1.00 e. The number of hydrogen-bond donors (Lipinski definition) is 1. The number of anilines is 2. The second-order valence-electron chi connectivity index (χ2n) is 30.9. The van der Waals surface area contributed by atoms with Gasteiger partial charge in [0.1, 0.15) is 37.5 Å². The molecule has 4 aromatic heterocycles. The van der Waals surface area contributed by atoms with E-state index in [1.54, 1.807) is 4.90 Å². The van der Waals surface area contributed by atoms with Gasteiger partial charge in [-0.1, -0.05) is 142 Å². The van der Waals surface area contributed by atoms with Crippen molar-refractivity contribution < 1.29 is 59.5 Å². The number of benzene rings is 4. The molecule has 8 aromatic rings. The van der Waals surface area contributed by atoms with Crippen LogP contribution in [0, 0.1) is 39.0 Å². The number of fused-ring (bicyclic) bond motifs is 5.